The fourth-order valence-corrected chi connectivity index (χ4v) is 3.42. The van der Waals surface area contributed by atoms with E-state index in [9.17, 15) is 18.4 Å². The van der Waals surface area contributed by atoms with Gasteiger partial charge in [-0.1, -0.05) is 42.5 Å². The number of para-hydroxylation sites is 1. The number of alkyl halides is 2. The molecule has 2 aromatic carbocycles. The molecule has 29 heavy (non-hydrogen) atoms. The Morgan fingerprint density at radius 2 is 1.52 bits per heavy atom. The topological polar surface area (TPSA) is 49.9 Å². The van der Waals surface area contributed by atoms with Crippen LogP contribution in [-0.4, -0.2) is 54.4 Å². The maximum absolute atomic E-state index is 12.7. The molecule has 3 rings (SSSR count). The van der Waals surface area contributed by atoms with Crippen LogP contribution in [0, 0.1) is 0 Å². The highest BCUT2D eigenvalue weighted by atomic mass is 19.3. The van der Waals surface area contributed by atoms with E-state index in [1.807, 2.05) is 30.3 Å². The van der Waals surface area contributed by atoms with Crippen molar-refractivity contribution < 1.29 is 23.1 Å². The van der Waals surface area contributed by atoms with Gasteiger partial charge in [-0.15, -0.1) is 0 Å². The first-order valence-electron chi connectivity index (χ1n) is 9.69. The van der Waals surface area contributed by atoms with Crippen molar-refractivity contribution in [3.05, 3.63) is 65.7 Å². The molecule has 0 aromatic heterocycles. The summed E-state index contributed by atoms with van der Waals surface area (Å²) in [4.78, 5) is 28.5. The Kier molecular flexibility index (Phi) is 7.16. The first-order valence-corrected chi connectivity index (χ1v) is 9.69. The van der Waals surface area contributed by atoms with Crippen LogP contribution in [0.2, 0.25) is 0 Å². The van der Waals surface area contributed by atoms with Crippen LogP contribution in [-0.2, 0) is 11.2 Å². The number of benzene rings is 2. The lowest BCUT2D eigenvalue weighted by molar-refractivity contribution is -0.132. The summed E-state index contributed by atoms with van der Waals surface area (Å²) in [6.07, 6.45) is 2.10. The summed E-state index contributed by atoms with van der Waals surface area (Å²) in [5, 5.41) is 0. The first kappa shape index (κ1) is 20.8. The third-order valence-electron chi connectivity index (χ3n) is 4.95. The molecule has 0 bridgehead atoms. The SMILES string of the molecule is O=C(CCCc1ccccc1)N1CCN(C(=O)c2ccccc2OC(F)F)CC1. The minimum atomic E-state index is -2.99. The van der Waals surface area contributed by atoms with Crippen molar-refractivity contribution in [1.29, 1.82) is 0 Å². The Hall–Kier alpha value is -2.96. The molecule has 0 saturated carbocycles. The Balaban J connectivity index is 1.48. The molecule has 1 saturated heterocycles. The number of carbonyl (C=O) groups is 2. The lowest BCUT2D eigenvalue weighted by Crippen LogP contribution is -2.50. The zero-order chi connectivity index (χ0) is 20.6. The highest BCUT2D eigenvalue weighted by molar-refractivity contribution is 5.97. The number of piperazine rings is 1. The minimum absolute atomic E-state index is 0.0782. The number of hydrogen-bond donors (Lipinski definition) is 0. The summed E-state index contributed by atoms with van der Waals surface area (Å²) in [5.74, 6) is -0.418. The van der Waals surface area contributed by atoms with Gasteiger partial charge in [0, 0.05) is 32.6 Å². The number of rotatable bonds is 7. The van der Waals surface area contributed by atoms with Gasteiger partial charge in [0.2, 0.25) is 5.91 Å². The normalized spacial score (nSPS) is 14.2. The molecule has 2 aromatic rings. The smallest absolute Gasteiger partial charge is 0.387 e. The monoisotopic (exact) mass is 402 g/mol. The van der Waals surface area contributed by atoms with E-state index in [4.69, 9.17) is 0 Å². The zero-order valence-corrected chi connectivity index (χ0v) is 16.1. The minimum Gasteiger partial charge on any atom is -0.434 e. The number of aryl methyl sites for hydroxylation is 1. The molecule has 0 N–H and O–H groups in total. The number of hydrogen-bond acceptors (Lipinski definition) is 3. The summed E-state index contributed by atoms with van der Waals surface area (Å²) in [5.41, 5.74) is 1.32. The number of amides is 2. The van der Waals surface area contributed by atoms with Gasteiger partial charge < -0.3 is 14.5 Å². The van der Waals surface area contributed by atoms with Crippen molar-refractivity contribution in [2.24, 2.45) is 0 Å². The summed E-state index contributed by atoms with van der Waals surface area (Å²) < 4.78 is 29.6. The van der Waals surface area contributed by atoms with E-state index in [0.717, 1.165) is 12.8 Å². The molecule has 1 fully saturated rings. The first-order chi connectivity index (χ1) is 14.0. The molecule has 2 amide bonds. The highest BCUT2D eigenvalue weighted by Crippen LogP contribution is 2.22. The van der Waals surface area contributed by atoms with Crippen LogP contribution in [0.25, 0.3) is 0 Å². The molecule has 1 aliphatic heterocycles. The van der Waals surface area contributed by atoms with Crippen molar-refractivity contribution in [2.45, 2.75) is 25.9 Å². The molecule has 1 aliphatic rings. The van der Waals surface area contributed by atoms with Crippen LogP contribution >= 0.6 is 0 Å². The van der Waals surface area contributed by atoms with Crippen molar-refractivity contribution in [3.63, 3.8) is 0 Å². The Morgan fingerprint density at radius 3 is 2.21 bits per heavy atom. The second kappa shape index (κ2) is 10.0. The summed E-state index contributed by atoms with van der Waals surface area (Å²) in [7, 11) is 0. The van der Waals surface area contributed by atoms with Gasteiger partial charge in [-0.2, -0.15) is 8.78 Å². The number of carbonyl (C=O) groups excluding carboxylic acids is 2. The standard InChI is InChI=1S/C22H24F2N2O3/c23-22(24)29-19-11-5-4-10-18(19)21(28)26-15-13-25(14-16-26)20(27)12-6-9-17-7-2-1-3-8-17/h1-5,7-8,10-11,22H,6,9,12-16H2. The lowest BCUT2D eigenvalue weighted by Gasteiger charge is -2.35. The summed E-state index contributed by atoms with van der Waals surface area (Å²) in [6.45, 7) is -1.38. The average molecular weight is 402 g/mol. The maximum Gasteiger partial charge on any atom is 0.387 e. The van der Waals surface area contributed by atoms with E-state index >= 15 is 0 Å². The number of halogens is 2. The third-order valence-corrected chi connectivity index (χ3v) is 4.95. The molecule has 0 radical (unpaired) electrons. The van der Waals surface area contributed by atoms with Crippen molar-refractivity contribution in [2.75, 3.05) is 26.2 Å². The second-order valence-electron chi connectivity index (χ2n) is 6.89. The van der Waals surface area contributed by atoms with Gasteiger partial charge >= 0.3 is 6.61 Å². The van der Waals surface area contributed by atoms with Crippen LogP contribution < -0.4 is 4.74 Å². The van der Waals surface area contributed by atoms with Gasteiger partial charge in [-0.3, -0.25) is 9.59 Å². The van der Waals surface area contributed by atoms with E-state index < -0.39 is 6.61 Å². The summed E-state index contributed by atoms with van der Waals surface area (Å²) >= 11 is 0. The molecule has 0 unspecified atom stereocenters. The molecular weight excluding hydrogens is 378 g/mol. The van der Waals surface area contributed by atoms with E-state index in [2.05, 4.69) is 4.74 Å². The van der Waals surface area contributed by atoms with Crippen LogP contribution in [0.15, 0.2) is 54.6 Å². The Bertz CT molecular complexity index is 822. The number of ether oxygens (including phenoxy) is 1. The second-order valence-corrected chi connectivity index (χ2v) is 6.89. The van der Waals surface area contributed by atoms with Gasteiger partial charge in [0.1, 0.15) is 5.75 Å². The molecule has 0 spiro atoms. The van der Waals surface area contributed by atoms with E-state index in [-0.39, 0.29) is 23.1 Å². The van der Waals surface area contributed by atoms with Crippen molar-refractivity contribution in [3.8, 4) is 5.75 Å². The lowest BCUT2D eigenvalue weighted by atomic mass is 10.1. The molecule has 154 valence electrons. The zero-order valence-electron chi connectivity index (χ0n) is 16.1. The van der Waals surface area contributed by atoms with Gasteiger partial charge in [-0.25, -0.2) is 0 Å². The maximum atomic E-state index is 12.7. The van der Waals surface area contributed by atoms with Crippen molar-refractivity contribution in [1.82, 2.24) is 9.80 Å². The fourth-order valence-electron chi connectivity index (χ4n) is 3.42. The highest BCUT2D eigenvalue weighted by Gasteiger charge is 2.26. The Morgan fingerprint density at radius 1 is 0.897 bits per heavy atom. The predicted molar refractivity (Wildman–Crippen MR) is 105 cm³/mol. The molecule has 1 heterocycles. The van der Waals surface area contributed by atoms with Gasteiger partial charge in [0.25, 0.3) is 5.91 Å². The van der Waals surface area contributed by atoms with Crippen molar-refractivity contribution >= 4 is 11.8 Å². The average Bonchev–Trinajstić information content (AvgIpc) is 2.74. The third kappa shape index (κ3) is 5.76. The fraction of sp³-hybridized carbons (Fsp3) is 0.364. The summed E-state index contributed by atoms with van der Waals surface area (Å²) in [6, 6.07) is 16.0. The number of nitrogens with zero attached hydrogens (tertiary/aromatic N) is 2. The van der Waals surface area contributed by atoms with Crippen LogP contribution in [0.4, 0.5) is 8.78 Å². The van der Waals surface area contributed by atoms with Crippen LogP contribution in [0.3, 0.4) is 0 Å². The van der Waals surface area contributed by atoms with Gasteiger partial charge in [0.15, 0.2) is 0 Å². The molecule has 0 aliphatic carbocycles. The predicted octanol–water partition coefficient (Wildman–Crippen LogP) is 3.60. The van der Waals surface area contributed by atoms with Crippen LogP contribution in [0.1, 0.15) is 28.8 Å². The molecular formula is C22H24F2N2O3. The molecule has 7 heteroatoms. The Labute approximate surface area is 168 Å². The quantitative estimate of drug-likeness (QED) is 0.711. The van der Waals surface area contributed by atoms with Gasteiger partial charge in [0.05, 0.1) is 5.56 Å². The molecule has 5 nitrogen and oxygen atoms in total. The van der Waals surface area contributed by atoms with E-state index in [1.165, 1.54) is 17.7 Å². The largest absolute Gasteiger partial charge is 0.434 e. The molecule has 0 atom stereocenters. The van der Waals surface area contributed by atoms with Gasteiger partial charge in [-0.05, 0) is 30.5 Å². The van der Waals surface area contributed by atoms with Crippen LogP contribution in [0.5, 0.6) is 5.75 Å². The van der Waals surface area contributed by atoms with E-state index in [0.29, 0.717) is 32.6 Å². The van der Waals surface area contributed by atoms with E-state index in [1.54, 1.807) is 21.9 Å².